The molecule has 1 atom stereocenters. The first-order valence-corrected chi connectivity index (χ1v) is 8.97. The van der Waals surface area contributed by atoms with Crippen molar-refractivity contribution < 1.29 is 9.59 Å². The molecule has 0 saturated heterocycles. The van der Waals surface area contributed by atoms with Gasteiger partial charge in [-0.15, -0.1) is 0 Å². The second-order valence-corrected chi connectivity index (χ2v) is 6.75. The molecule has 3 aromatic carbocycles. The Morgan fingerprint density at radius 2 is 1.48 bits per heavy atom. The van der Waals surface area contributed by atoms with Gasteiger partial charge in [0.15, 0.2) is 0 Å². The topological polar surface area (TPSA) is 63.4 Å². The number of anilines is 1. The van der Waals surface area contributed by atoms with Crippen LogP contribution in [-0.2, 0) is 22.4 Å². The minimum Gasteiger partial charge on any atom is -0.368 e. The summed E-state index contributed by atoms with van der Waals surface area (Å²) in [5, 5.41) is 0. The normalized spacial score (nSPS) is 15.4. The number of para-hydroxylation sites is 1. The van der Waals surface area contributed by atoms with Crippen molar-refractivity contribution in [2.24, 2.45) is 5.73 Å². The smallest absolute Gasteiger partial charge is 0.240 e. The largest absolute Gasteiger partial charge is 0.368 e. The molecule has 4 nitrogen and oxygen atoms in total. The van der Waals surface area contributed by atoms with Gasteiger partial charge in [-0.1, -0.05) is 72.8 Å². The van der Waals surface area contributed by atoms with Crippen molar-refractivity contribution in [3.8, 4) is 11.1 Å². The van der Waals surface area contributed by atoms with E-state index in [2.05, 4.69) is 12.1 Å². The van der Waals surface area contributed by atoms with Crippen molar-refractivity contribution in [3.05, 3.63) is 90.0 Å². The number of carbonyl (C=O) groups excluding carboxylic acids is 2. The number of rotatable bonds is 4. The van der Waals surface area contributed by atoms with Gasteiger partial charge in [0.1, 0.15) is 6.04 Å². The Balaban J connectivity index is 1.55. The number of nitrogens with two attached hydrogens (primary N) is 1. The van der Waals surface area contributed by atoms with Crippen LogP contribution in [0.2, 0.25) is 0 Å². The summed E-state index contributed by atoms with van der Waals surface area (Å²) < 4.78 is 0. The van der Waals surface area contributed by atoms with Gasteiger partial charge in [-0.3, -0.25) is 14.5 Å². The molecular formula is C23H20N2O2. The number of carbonyl (C=O) groups is 2. The molecule has 1 aliphatic heterocycles. The molecular weight excluding hydrogens is 336 g/mol. The van der Waals surface area contributed by atoms with Crippen LogP contribution < -0.4 is 10.6 Å². The third kappa shape index (κ3) is 3.34. The van der Waals surface area contributed by atoms with Gasteiger partial charge in [0, 0.05) is 12.1 Å². The Labute approximate surface area is 158 Å². The Bertz CT molecular complexity index is 981. The molecule has 4 rings (SSSR count). The van der Waals surface area contributed by atoms with Crippen molar-refractivity contribution in [1.29, 1.82) is 0 Å². The number of nitrogens with zero attached hydrogens (tertiary/aromatic N) is 1. The second kappa shape index (κ2) is 7.08. The van der Waals surface area contributed by atoms with Crippen molar-refractivity contribution in [1.82, 2.24) is 0 Å². The minimum absolute atomic E-state index is 0.115. The van der Waals surface area contributed by atoms with Gasteiger partial charge in [-0.05, 0) is 28.3 Å². The van der Waals surface area contributed by atoms with Crippen molar-refractivity contribution >= 4 is 17.5 Å². The van der Waals surface area contributed by atoms with Crippen LogP contribution in [0, 0.1) is 0 Å². The highest BCUT2D eigenvalue weighted by atomic mass is 16.2. The average molecular weight is 356 g/mol. The Kier molecular flexibility index (Phi) is 4.47. The van der Waals surface area contributed by atoms with E-state index in [1.807, 2.05) is 66.7 Å². The Hall–Kier alpha value is -3.40. The zero-order chi connectivity index (χ0) is 18.8. The number of hydrogen-bond donors (Lipinski definition) is 1. The highest BCUT2D eigenvalue weighted by molar-refractivity contribution is 6.03. The van der Waals surface area contributed by atoms with Crippen LogP contribution in [-0.4, -0.2) is 17.9 Å². The summed E-state index contributed by atoms with van der Waals surface area (Å²) in [6.45, 7) is 0. The van der Waals surface area contributed by atoms with E-state index in [0.29, 0.717) is 6.42 Å². The minimum atomic E-state index is -0.613. The van der Waals surface area contributed by atoms with E-state index in [1.165, 1.54) is 0 Å². The van der Waals surface area contributed by atoms with Crippen LogP contribution in [0.3, 0.4) is 0 Å². The Morgan fingerprint density at radius 3 is 2.19 bits per heavy atom. The van der Waals surface area contributed by atoms with E-state index >= 15 is 0 Å². The fourth-order valence-corrected chi connectivity index (χ4v) is 3.63. The summed E-state index contributed by atoms with van der Waals surface area (Å²) in [5.41, 5.74) is 10.5. The van der Waals surface area contributed by atoms with Gasteiger partial charge in [-0.25, -0.2) is 0 Å². The van der Waals surface area contributed by atoms with E-state index in [-0.39, 0.29) is 12.3 Å². The average Bonchev–Trinajstić information content (AvgIpc) is 3.09. The van der Waals surface area contributed by atoms with Crippen LogP contribution >= 0.6 is 0 Å². The summed E-state index contributed by atoms with van der Waals surface area (Å²) in [4.78, 5) is 26.4. The number of benzene rings is 3. The lowest BCUT2D eigenvalue weighted by Crippen LogP contribution is -2.46. The molecule has 2 N–H and O–H groups in total. The Morgan fingerprint density at radius 1 is 0.852 bits per heavy atom. The summed E-state index contributed by atoms with van der Waals surface area (Å²) in [6.07, 6.45) is 0.706. The highest BCUT2D eigenvalue weighted by Crippen LogP contribution is 2.32. The molecule has 0 saturated carbocycles. The predicted molar refractivity (Wildman–Crippen MR) is 106 cm³/mol. The predicted octanol–water partition coefficient (Wildman–Crippen LogP) is 3.34. The molecule has 0 bridgehead atoms. The number of primary amides is 1. The summed E-state index contributed by atoms with van der Waals surface area (Å²) >= 11 is 0. The first kappa shape index (κ1) is 17.0. The zero-order valence-electron chi connectivity index (χ0n) is 14.8. The van der Waals surface area contributed by atoms with E-state index in [1.54, 1.807) is 4.90 Å². The van der Waals surface area contributed by atoms with E-state index in [4.69, 9.17) is 5.73 Å². The van der Waals surface area contributed by atoms with Gasteiger partial charge >= 0.3 is 0 Å². The molecule has 1 heterocycles. The van der Waals surface area contributed by atoms with Crippen molar-refractivity contribution in [2.45, 2.75) is 18.9 Å². The van der Waals surface area contributed by atoms with Gasteiger partial charge in [0.25, 0.3) is 0 Å². The fourth-order valence-electron chi connectivity index (χ4n) is 3.63. The third-order valence-electron chi connectivity index (χ3n) is 4.99. The van der Waals surface area contributed by atoms with E-state index in [9.17, 15) is 9.59 Å². The second-order valence-electron chi connectivity index (χ2n) is 6.75. The highest BCUT2D eigenvalue weighted by Gasteiger charge is 2.36. The van der Waals surface area contributed by atoms with Crippen molar-refractivity contribution in [3.63, 3.8) is 0 Å². The molecule has 4 heteroatoms. The lowest BCUT2D eigenvalue weighted by Gasteiger charge is -2.23. The molecule has 0 aliphatic carbocycles. The zero-order valence-corrected chi connectivity index (χ0v) is 14.8. The van der Waals surface area contributed by atoms with Gasteiger partial charge in [0.05, 0.1) is 6.42 Å². The number of fused-ring (bicyclic) bond motifs is 1. The van der Waals surface area contributed by atoms with Crippen LogP contribution in [0.15, 0.2) is 78.9 Å². The molecule has 0 radical (unpaired) electrons. The number of amides is 2. The lowest BCUT2D eigenvalue weighted by molar-refractivity contribution is -0.124. The SMILES string of the molecule is NC(=O)[C@@H]1Cc2ccccc2N1C(=O)Cc1ccc(-c2ccccc2)cc1. The summed E-state index contributed by atoms with van der Waals surface area (Å²) in [7, 11) is 0. The maximum Gasteiger partial charge on any atom is 0.240 e. The monoisotopic (exact) mass is 356 g/mol. The first-order chi connectivity index (χ1) is 13.1. The quantitative estimate of drug-likeness (QED) is 0.779. The lowest BCUT2D eigenvalue weighted by atomic mass is 10.0. The molecule has 0 unspecified atom stereocenters. The molecule has 0 aromatic heterocycles. The summed E-state index contributed by atoms with van der Waals surface area (Å²) in [6, 6.07) is 25.0. The van der Waals surface area contributed by atoms with Crippen LogP contribution in [0.5, 0.6) is 0 Å². The summed E-state index contributed by atoms with van der Waals surface area (Å²) in [5.74, 6) is -0.588. The fraction of sp³-hybridized carbons (Fsp3) is 0.130. The van der Waals surface area contributed by atoms with Crippen LogP contribution in [0.4, 0.5) is 5.69 Å². The van der Waals surface area contributed by atoms with Crippen LogP contribution in [0.1, 0.15) is 11.1 Å². The van der Waals surface area contributed by atoms with Gasteiger partial charge < -0.3 is 5.73 Å². The number of hydrogen-bond acceptors (Lipinski definition) is 2. The maximum atomic E-state index is 13.0. The standard InChI is InChI=1S/C23H20N2O2/c24-23(27)21-15-19-8-4-5-9-20(19)25(21)22(26)14-16-10-12-18(13-11-16)17-6-2-1-3-7-17/h1-13,21H,14-15H2,(H2,24,27)/t21-/m0/s1. The van der Waals surface area contributed by atoms with Crippen LogP contribution in [0.25, 0.3) is 11.1 Å². The molecule has 27 heavy (non-hydrogen) atoms. The first-order valence-electron chi connectivity index (χ1n) is 8.97. The molecule has 0 fully saturated rings. The molecule has 1 aliphatic rings. The van der Waals surface area contributed by atoms with Gasteiger partial charge in [-0.2, -0.15) is 0 Å². The third-order valence-corrected chi connectivity index (χ3v) is 4.99. The van der Waals surface area contributed by atoms with Crippen molar-refractivity contribution in [2.75, 3.05) is 4.90 Å². The molecule has 0 spiro atoms. The maximum absolute atomic E-state index is 13.0. The molecule has 3 aromatic rings. The molecule has 2 amide bonds. The van der Waals surface area contributed by atoms with E-state index < -0.39 is 11.9 Å². The van der Waals surface area contributed by atoms with E-state index in [0.717, 1.165) is 27.9 Å². The molecule has 134 valence electrons. The van der Waals surface area contributed by atoms with Gasteiger partial charge in [0.2, 0.25) is 11.8 Å².